The van der Waals surface area contributed by atoms with Crippen molar-refractivity contribution in [3.8, 4) is 0 Å². The number of ether oxygens (including phenoxy) is 1. The van der Waals surface area contributed by atoms with Crippen LogP contribution in [0, 0.1) is 0 Å². The number of rotatable bonds is 39. The predicted octanol–water partition coefficient (Wildman–Crippen LogP) is 10.9. The SMILES string of the molecule is CC/C=C\C/C=C\C/C=C\C/C=C\C/C=C\CCCCCCCC(=O)NC(COP(=O)(O)OCC(O)COC(=O)CCCCCCC/C=C\CCCCC)C(=O)O. The average Bonchev–Trinajstić information content (AvgIpc) is 3.18. The van der Waals surface area contributed by atoms with E-state index in [1.54, 1.807) is 0 Å². The first-order valence-corrected chi connectivity index (χ1v) is 23.0. The van der Waals surface area contributed by atoms with Crippen molar-refractivity contribution in [1.82, 2.24) is 5.32 Å². The Labute approximate surface area is 344 Å². The van der Waals surface area contributed by atoms with E-state index in [4.69, 9.17) is 13.8 Å². The number of aliphatic hydroxyl groups is 1. The summed E-state index contributed by atoms with van der Waals surface area (Å²) in [6.07, 6.45) is 46.4. The van der Waals surface area contributed by atoms with Crippen LogP contribution in [0.2, 0.25) is 0 Å². The lowest BCUT2D eigenvalue weighted by Gasteiger charge is -2.18. The molecule has 0 bridgehead atoms. The van der Waals surface area contributed by atoms with E-state index in [0.717, 1.165) is 103 Å². The number of aliphatic carboxylic acids is 1. The van der Waals surface area contributed by atoms with Crippen molar-refractivity contribution < 1.29 is 47.8 Å². The van der Waals surface area contributed by atoms with E-state index in [9.17, 15) is 34.1 Å². The van der Waals surface area contributed by atoms with Crippen LogP contribution < -0.4 is 5.32 Å². The molecule has 326 valence electrons. The molecule has 0 saturated carbocycles. The number of nitrogens with one attached hydrogen (secondary N) is 1. The maximum absolute atomic E-state index is 12.3. The number of amides is 1. The number of hydrogen-bond acceptors (Lipinski definition) is 8. The molecule has 1 amide bonds. The Morgan fingerprint density at radius 2 is 1.02 bits per heavy atom. The van der Waals surface area contributed by atoms with Crippen molar-refractivity contribution in [1.29, 1.82) is 0 Å². The van der Waals surface area contributed by atoms with Crippen LogP contribution in [-0.2, 0) is 32.7 Å². The molecule has 12 heteroatoms. The van der Waals surface area contributed by atoms with E-state index in [2.05, 4.69) is 92.1 Å². The second-order valence-electron chi connectivity index (χ2n) is 14.1. The summed E-state index contributed by atoms with van der Waals surface area (Å²) in [5.74, 6) is -2.42. The lowest BCUT2D eigenvalue weighted by molar-refractivity contribution is -0.147. The Morgan fingerprint density at radius 1 is 0.579 bits per heavy atom. The first-order chi connectivity index (χ1) is 27.6. The topological polar surface area (TPSA) is 169 Å². The molecule has 4 N–H and O–H groups in total. The van der Waals surface area contributed by atoms with E-state index in [1.807, 2.05) is 0 Å². The molecule has 0 aliphatic heterocycles. The molecule has 11 nitrogen and oxygen atoms in total. The molecule has 0 aromatic rings. The highest BCUT2D eigenvalue weighted by molar-refractivity contribution is 7.47. The third kappa shape index (κ3) is 39.5. The highest BCUT2D eigenvalue weighted by Gasteiger charge is 2.28. The average molecular weight is 822 g/mol. The van der Waals surface area contributed by atoms with E-state index in [1.165, 1.54) is 19.3 Å². The van der Waals surface area contributed by atoms with Gasteiger partial charge in [-0.2, -0.15) is 0 Å². The quantitative estimate of drug-likeness (QED) is 0.0203. The van der Waals surface area contributed by atoms with E-state index < -0.39 is 57.6 Å². The van der Waals surface area contributed by atoms with Gasteiger partial charge in [-0.05, 0) is 83.5 Å². The van der Waals surface area contributed by atoms with Crippen LogP contribution in [0.1, 0.15) is 162 Å². The molecule has 3 unspecified atom stereocenters. The highest BCUT2D eigenvalue weighted by atomic mass is 31.2. The zero-order chi connectivity index (χ0) is 42.1. The minimum absolute atomic E-state index is 0.119. The number of esters is 1. The van der Waals surface area contributed by atoms with Crippen molar-refractivity contribution in [2.45, 2.75) is 174 Å². The van der Waals surface area contributed by atoms with Gasteiger partial charge in [-0.1, -0.05) is 138 Å². The van der Waals surface area contributed by atoms with Gasteiger partial charge < -0.3 is 25.2 Å². The summed E-state index contributed by atoms with van der Waals surface area (Å²) < 4.78 is 26.8. The van der Waals surface area contributed by atoms with Crippen molar-refractivity contribution in [2.75, 3.05) is 19.8 Å². The van der Waals surface area contributed by atoms with E-state index >= 15 is 0 Å². The number of carbonyl (C=O) groups is 3. The highest BCUT2D eigenvalue weighted by Crippen LogP contribution is 2.43. The van der Waals surface area contributed by atoms with Crippen LogP contribution in [0.4, 0.5) is 0 Å². The number of carboxylic acids is 1. The second kappa shape index (κ2) is 39.7. The molecule has 3 atom stereocenters. The molecule has 0 fully saturated rings. The Morgan fingerprint density at radius 3 is 1.54 bits per heavy atom. The van der Waals surface area contributed by atoms with Gasteiger partial charge in [0.2, 0.25) is 5.91 Å². The van der Waals surface area contributed by atoms with Crippen LogP contribution in [0.25, 0.3) is 0 Å². The number of phosphoric ester groups is 1. The maximum atomic E-state index is 12.3. The van der Waals surface area contributed by atoms with Crippen molar-refractivity contribution in [3.63, 3.8) is 0 Å². The van der Waals surface area contributed by atoms with Crippen molar-refractivity contribution in [2.24, 2.45) is 0 Å². The van der Waals surface area contributed by atoms with Gasteiger partial charge in [0.1, 0.15) is 12.7 Å². The molecular weight excluding hydrogens is 745 g/mol. The molecule has 0 radical (unpaired) electrons. The van der Waals surface area contributed by atoms with E-state index in [0.29, 0.717) is 12.8 Å². The Kier molecular flexibility index (Phi) is 37.6. The van der Waals surface area contributed by atoms with Crippen molar-refractivity contribution >= 4 is 25.7 Å². The zero-order valence-corrected chi connectivity index (χ0v) is 36.0. The minimum Gasteiger partial charge on any atom is -0.480 e. The monoisotopic (exact) mass is 822 g/mol. The summed E-state index contributed by atoms with van der Waals surface area (Å²) in [5, 5.41) is 21.8. The lowest BCUT2D eigenvalue weighted by atomic mass is 10.1. The molecule has 0 aliphatic rings. The molecular formula is C45H76NO10P. The predicted molar refractivity (Wildman–Crippen MR) is 231 cm³/mol. The third-order valence-electron chi connectivity index (χ3n) is 8.73. The normalized spacial score (nSPS) is 14.5. The first kappa shape index (κ1) is 53.9. The summed E-state index contributed by atoms with van der Waals surface area (Å²) in [6.45, 7) is 2.41. The van der Waals surface area contributed by atoms with Gasteiger partial charge in [-0.3, -0.25) is 18.6 Å². The largest absolute Gasteiger partial charge is 0.480 e. The molecule has 0 aromatic heterocycles. The minimum atomic E-state index is -4.77. The fourth-order valence-corrected chi connectivity index (χ4v) is 6.17. The number of phosphoric acid groups is 1. The van der Waals surface area contributed by atoms with E-state index in [-0.39, 0.29) is 12.8 Å². The van der Waals surface area contributed by atoms with Crippen LogP contribution >= 0.6 is 7.82 Å². The van der Waals surface area contributed by atoms with Gasteiger partial charge in [-0.15, -0.1) is 0 Å². The summed E-state index contributed by atoms with van der Waals surface area (Å²) in [6, 6.07) is -1.56. The van der Waals surface area contributed by atoms with Crippen LogP contribution in [0.3, 0.4) is 0 Å². The third-order valence-corrected chi connectivity index (χ3v) is 9.68. The summed E-state index contributed by atoms with van der Waals surface area (Å²) in [5.41, 5.74) is 0. The number of carboxylic acid groups (broad SMARTS) is 1. The molecule has 0 spiro atoms. The van der Waals surface area contributed by atoms with Crippen molar-refractivity contribution in [3.05, 3.63) is 72.9 Å². The lowest BCUT2D eigenvalue weighted by Crippen LogP contribution is -2.43. The maximum Gasteiger partial charge on any atom is 0.472 e. The van der Waals surface area contributed by atoms with Crippen LogP contribution in [-0.4, -0.2) is 64.9 Å². The summed E-state index contributed by atoms with van der Waals surface area (Å²) in [4.78, 5) is 45.9. The van der Waals surface area contributed by atoms with Gasteiger partial charge in [0.25, 0.3) is 0 Å². The van der Waals surface area contributed by atoms with Crippen LogP contribution in [0.5, 0.6) is 0 Å². The molecule has 0 heterocycles. The number of carbonyl (C=O) groups excluding carboxylic acids is 2. The Balaban J connectivity index is 3.98. The Bertz CT molecular complexity index is 1240. The number of allylic oxidation sites excluding steroid dienone is 12. The molecule has 57 heavy (non-hydrogen) atoms. The van der Waals surface area contributed by atoms with Gasteiger partial charge in [-0.25, -0.2) is 9.36 Å². The standard InChI is InChI=1S/C45H76NO10P/c1-3-5-7-9-11-13-15-17-18-19-20-21-22-23-24-25-26-28-30-32-34-36-43(48)46-42(45(50)51)40-56-57(52,53)55-39-41(47)38-54-44(49)37-35-33-31-29-27-16-14-12-10-8-6-4-2/h5,7,11-14,17-18,20-21,23-24,41-42,47H,3-4,6,8-10,15-16,19,22,25-40H2,1-2H3,(H,46,48)(H,50,51)(H,52,53)/b7-5-,13-11-,14-12-,18-17-,21-20-,24-23-. The fourth-order valence-electron chi connectivity index (χ4n) is 5.39. The van der Waals surface area contributed by atoms with Crippen LogP contribution in [0.15, 0.2) is 72.9 Å². The van der Waals surface area contributed by atoms with Gasteiger partial charge in [0.15, 0.2) is 6.04 Å². The number of aliphatic hydroxyl groups excluding tert-OH is 1. The fraction of sp³-hybridized carbons (Fsp3) is 0.667. The second-order valence-corrected chi connectivity index (χ2v) is 15.6. The molecule has 0 saturated heterocycles. The molecule has 0 aromatic carbocycles. The summed E-state index contributed by atoms with van der Waals surface area (Å²) in [7, 11) is -4.77. The smallest absolute Gasteiger partial charge is 0.472 e. The van der Waals surface area contributed by atoms with Gasteiger partial charge in [0.05, 0.1) is 13.2 Å². The number of hydrogen-bond donors (Lipinski definition) is 4. The number of unbranched alkanes of at least 4 members (excludes halogenated alkanes) is 13. The molecule has 0 aliphatic carbocycles. The van der Waals surface area contributed by atoms with Gasteiger partial charge >= 0.3 is 19.8 Å². The van der Waals surface area contributed by atoms with Gasteiger partial charge in [0, 0.05) is 12.8 Å². The molecule has 0 rings (SSSR count). The first-order valence-electron chi connectivity index (χ1n) is 21.5. The zero-order valence-electron chi connectivity index (χ0n) is 35.1. The summed E-state index contributed by atoms with van der Waals surface area (Å²) >= 11 is 0. The Hall–Kier alpha value is -3.08.